The highest BCUT2D eigenvalue weighted by Crippen LogP contribution is 2.52. The van der Waals surface area contributed by atoms with Crippen molar-refractivity contribution < 1.29 is 19.2 Å². The monoisotopic (exact) mass is 408 g/mol. The van der Waals surface area contributed by atoms with Crippen LogP contribution in [-0.2, 0) is 9.59 Å². The molecule has 4 nitrogen and oxygen atoms in total. The van der Waals surface area contributed by atoms with Crippen LogP contribution in [0.2, 0.25) is 0 Å². The number of aliphatic carboxylic acids is 1. The third-order valence-electron chi connectivity index (χ3n) is 6.61. The molecule has 28 heavy (non-hydrogen) atoms. The van der Waals surface area contributed by atoms with Gasteiger partial charge in [0.2, 0.25) is 0 Å². The quantitative estimate of drug-likeness (QED) is 0.213. The van der Waals surface area contributed by atoms with Crippen molar-refractivity contribution in [3.8, 4) is 0 Å². The minimum absolute atomic E-state index is 0.0560. The maximum absolute atomic E-state index is 12.3. The summed E-state index contributed by atoms with van der Waals surface area (Å²) in [7, 11) is 0. The van der Waals surface area contributed by atoms with Crippen LogP contribution in [0.3, 0.4) is 0 Å². The van der Waals surface area contributed by atoms with E-state index in [4.69, 9.17) is 5.11 Å². The molecule has 158 valence electrons. The van der Waals surface area contributed by atoms with Crippen LogP contribution in [0.4, 0.5) is 0 Å². The molecule has 0 aliphatic heterocycles. The SMILES string of the molecule is CCCC1(C(C/C=C/[C@H]2CCC(=O)[C@@H]2C/C=C\CCCC(=O)O)SO)CCC1. The van der Waals surface area contributed by atoms with Gasteiger partial charge in [0.15, 0.2) is 0 Å². The maximum Gasteiger partial charge on any atom is 0.303 e. The number of hydrogen-bond donors (Lipinski definition) is 2. The van der Waals surface area contributed by atoms with E-state index in [1.54, 1.807) is 0 Å². The molecule has 1 unspecified atom stereocenters. The first kappa shape index (κ1) is 23.2. The summed E-state index contributed by atoms with van der Waals surface area (Å²) in [6.45, 7) is 2.22. The summed E-state index contributed by atoms with van der Waals surface area (Å²) in [6, 6.07) is 0. The van der Waals surface area contributed by atoms with Crippen molar-refractivity contribution in [1.82, 2.24) is 0 Å². The van der Waals surface area contributed by atoms with Gasteiger partial charge in [-0.2, -0.15) is 0 Å². The molecule has 3 atom stereocenters. The second-order valence-electron chi connectivity index (χ2n) is 8.49. The van der Waals surface area contributed by atoms with E-state index in [0.29, 0.717) is 30.0 Å². The Morgan fingerprint density at radius 3 is 2.71 bits per heavy atom. The molecule has 0 aromatic carbocycles. The molecule has 0 bridgehead atoms. The lowest BCUT2D eigenvalue weighted by Gasteiger charge is -2.46. The fourth-order valence-electron chi connectivity index (χ4n) is 4.85. The van der Waals surface area contributed by atoms with Crippen molar-refractivity contribution in [2.75, 3.05) is 0 Å². The van der Waals surface area contributed by atoms with E-state index in [9.17, 15) is 14.1 Å². The molecule has 2 aliphatic carbocycles. The molecule has 0 saturated heterocycles. The Balaban J connectivity index is 1.82. The number of carboxylic acids is 1. The summed E-state index contributed by atoms with van der Waals surface area (Å²) >= 11 is 1.03. The zero-order valence-electron chi connectivity index (χ0n) is 17.1. The lowest BCUT2D eigenvalue weighted by molar-refractivity contribution is -0.137. The van der Waals surface area contributed by atoms with Gasteiger partial charge >= 0.3 is 5.97 Å². The van der Waals surface area contributed by atoms with Crippen LogP contribution in [0.5, 0.6) is 0 Å². The predicted molar refractivity (Wildman–Crippen MR) is 115 cm³/mol. The van der Waals surface area contributed by atoms with Gasteiger partial charge in [0, 0.05) is 24.0 Å². The van der Waals surface area contributed by atoms with Crippen molar-refractivity contribution in [3.05, 3.63) is 24.3 Å². The molecular weight excluding hydrogens is 372 g/mol. The zero-order valence-corrected chi connectivity index (χ0v) is 18.0. The lowest BCUT2D eigenvalue weighted by Crippen LogP contribution is -2.39. The molecule has 0 radical (unpaired) electrons. The number of allylic oxidation sites excluding steroid dienone is 4. The number of carbonyl (C=O) groups excluding carboxylic acids is 1. The second kappa shape index (κ2) is 11.8. The highest BCUT2D eigenvalue weighted by atomic mass is 32.2. The van der Waals surface area contributed by atoms with E-state index in [1.165, 1.54) is 32.1 Å². The van der Waals surface area contributed by atoms with Crippen molar-refractivity contribution in [2.45, 2.75) is 89.2 Å². The van der Waals surface area contributed by atoms with Gasteiger partial charge < -0.3 is 9.66 Å². The van der Waals surface area contributed by atoms with Crippen LogP contribution in [-0.4, -0.2) is 26.7 Å². The Morgan fingerprint density at radius 2 is 2.11 bits per heavy atom. The summed E-state index contributed by atoms with van der Waals surface area (Å²) in [6.07, 6.45) is 19.4. The molecule has 2 N–H and O–H groups in total. The van der Waals surface area contributed by atoms with Crippen LogP contribution in [0.1, 0.15) is 84.0 Å². The van der Waals surface area contributed by atoms with E-state index >= 15 is 0 Å². The van der Waals surface area contributed by atoms with Gasteiger partial charge in [-0.25, -0.2) is 0 Å². The number of hydrogen-bond acceptors (Lipinski definition) is 4. The van der Waals surface area contributed by atoms with Crippen molar-refractivity contribution in [1.29, 1.82) is 0 Å². The highest BCUT2D eigenvalue weighted by Gasteiger charge is 2.43. The van der Waals surface area contributed by atoms with E-state index in [1.807, 2.05) is 12.2 Å². The number of carbonyl (C=O) groups is 2. The molecule has 0 aromatic rings. The average Bonchev–Trinajstić information content (AvgIpc) is 2.98. The van der Waals surface area contributed by atoms with Gasteiger partial charge in [-0.15, -0.1) is 0 Å². The zero-order chi connectivity index (χ0) is 20.4. The van der Waals surface area contributed by atoms with E-state index in [2.05, 4.69) is 19.1 Å². The molecule has 5 heteroatoms. The van der Waals surface area contributed by atoms with Crippen LogP contribution >= 0.6 is 12.0 Å². The summed E-state index contributed by atoms with van der Waals surface area (Å²) in [5, 5.41) is 8.92. The van der Waals surface area contributed by atoms with E-state index in [-0.39, 0.29) is 17.6 Å². The van der Waals surface area contributed by atoms with Gasteiger partial charge in [0.25, 0.3) is 0 Å². The molecule has 0 aromatic heterocycles. The Bertz CT molecular complexity index is 565. The first-order valence-corrected chi connectivity index (χ1v) is 11.7. The predicted octanol–water partition coefficient (Wildman–Crippen LogP) is 6.27. The Hall–Kier alpha value is -1.07. The van der Waals surface area contributed by atoms with Crippen LogP contribution in [0.15, 0.2) is 24.3 Å². The standard InChI is InChI=1S/C23H36O4S/c1-2-15-23(16-8-17-23)21(28-27)11-7-9-18-13-14-20(24)19(18)10-5-3-4-6-12-22(25)26/h3,5,7,9,18-19,21,27H,2,4,6,8,10-17H2,1H3,(H,25,26)/b5-3-,9-7+/t18-,19+,21?/m0/s1. The third kappa shape index (κ3) is 6.48. The first-order chi connectivity index (χ1) is 13.5. The van der Waals surface area contributed by atoms with Crippen LogP contribution < -0.4 is 0 Å². The van der Waals surface area contributed by atoms with Gasteiger partial charge in [0.05, 0.1) is 0 Å². The number of unbranched alkanes of at least 4 members (excludes halogenated alkanes) is 1. The summed E-state index contributed by atoms with van der Waals surface area (Å²) in [5.41, 5.74) is 0.308. The molecule has 2 saturated carbocycles. The van der Waals surface area contributed by atoms with Crippen LogP contribution in [0, 0.1) is 17.3 Å². The molecular formula is C23H36O4S. The average molecular weight is 409 g/mol. The summed E-state index contributed by atoms with van der Waals surface area (Å²) in [5.74, 6) is -0.0598. The minimum Gasteiger partial charge on any atom is -0.481 e. The number of rotatable bonds is 13. The number of carboxylic acid groups (broad SMARTS) is 1. The minimum atomic E-state index is -0.758. The van der Waals surface area contributed by atoms with E-state index in [0.717, 1.165) is 37.7 Å². The summed E-state index contributed by atoms with van der Waals surface area (Å²) < 4.78 is 9.84. The smallest absolute Gasteiger partial charge is 0.303 e. The third-order valence-corrected chi connectivity index (χ3v) is 7.56. The highest BCUT2D eigenvalue weighted by molar-refractivity contribution is 7.94. The Morgan fingerprint density at radius 1 is 1.32 bits per heavy atom. The van der Waals surface area contributed by atoms with Gasteiger partial charge in [-0.1, -0.05) is 44.1 Å². The molecule has 2 rings (SSSR count). The van der Waals surface area contributed by atoms with Gasteiger partial charge in [0.1, 0.15) is 5.78 Å². The molecule has 0 spiro atoms. The molecule has 0 heterocycles. The van der Waals surface area contributed by atoms with Gasteiger partial charge in [-0.05, 0) is 74.7 Å². The van der Waals surface area contributed by atoms with Crippen LogP contribution in [0.25, 0.3) is 0 Å². The van der Waals surface area contributed by atoms with Crippen molar-refractivity contribution >= 4 is 23.8 Å². The fraction of sp³-hybridized carbons (Fsp3) is 0.739. The maximum atomic E-state index is 12.3. The Kier molecular flexibility index (Phi) is 9.80. The molecule has 2 fully saturated rings. The van der Waals surface area contributed by atoms with Gasteiger partial charge in [-0.3, -0.25) is 9.59 Å². The summed E-state index contributed by atoms with van der Waals surface area (Å²) in [4.78, 5) is 22.8. The normalized spacial score (nSPS) is 25.4. The second-order valence-corrected chi connectivity index (χ2v) is 9.27. The largest absolute Gasteiger partial charge is 0.481 e. The number of ketones is 1. The first-order valence-electron chi connectivity index (χ1n) is 10.9. The Labute approximate surface area is 174 Å². The lowest BCUT2D eigenvalue weighted by atomic mass is 9.63. The molecule has 2 aliphatic rings. The number of Topliss-reactive ketones (excluding diaryl/α,β-unsaturated/α-hetero) is 1. The van der Waals surface area contributed by atoms with Crippen molar-refractivity contribution in [2.24, 2.45) is 17.3 Å². The topological polar surface area (TPSA) is 74.6 Å². The fourth-order valence-corrected chi connectivity index (χ4v) is 5.62. The molecule has 0 amide bonds. The van der Waals surface area contributed by atoms with Crippen molar-refractivity contribution in [3.63, 3.8) is 0 Å². The van der Waals surface area contributed by atoms with E-state index < -0.39 is 5.97 Å².